The largest absolute Gasteiger partial charge is 0.493 e. The lowest BCUT2D eigenvalue weighted by atomic mass is 10.00. The minimum atomic E-state index is -0.170. The summed E-state index contributed by atoms with van der Waals surface area (Å²) in [6, 6.07) is 11.8. The summed E-state index contributed by atoms with van der Waals surface area (Å²) in [6.45, 7) is 5.57. The Balaban J connectivity index is 1.85. The van der Waals surface area contributed by atoms with Crippen LogP contribution in [0.4, 0.5) is 4.39 Å². The number of benzene rings is 2. The smallest absolute Gasteiger partial charge is 0.131 e. The average molecular weight is 285 g/mol. The summed E-state index contributed by atoms with van der Waals surface area (Å²) in [4.78, 5) is 0. The topological polar surface area (TPSA) is 21.3 Å². The molecule has 3 rings (SSSR count). The standard InChI is InChI=1S/C18H20FNO/c1-12(2)20-11-13-3-5-16(17(19)9-13)14-4-6-18-15(10-14)7-8-21-18/h3-6,9-10,12,20H,7-8,11H2,1-2H3. The first kappa shape index (κ1) is 14.1. The van der Waals surface area contributed by atoms with Gasteiger partial charge in [-0.2, -0.15) is 0 Å². The first-order valence-electron chi connectivity index (χ1n) is 7.41. The SMILES string of the molecule is CC(C)NCc1ccc(-c2ccc3c(c2)CCO3)c(F)c1. The minimum absolute atomic E-state index is 0.170. The van der Waals surface area contributed by atoms with Crippen molar-refractivity contribution in [1.82, 2.24) is 5.32 Å². The van der Waals surface area contributed by atoms with Crippen molar-refractivity contribution < 1.29 is 9.13 Å². The molecule has 0 aromatic heterocycles. The number of fused-ring (bicyclic) bond motifs is 1. The predicted octanol–water partition coefficient (Wildman–Crippen LogP) is 3.93. The zero-order valence-electron chi connectivity index (χ0n) is 12.4. The molecular formula is C18H20FNO. The molecule has 1 N–H and O–H groups in total. The van der Waals surface area contributed by atoms with Crippen molar-refractivity contribution in [2.24, 2.45) is 0 Å². The summed E-state index contributed by atoms with van der Waals surface area (Å²) in [5.41, 5.74) is 3.70. The second-order valence-corrected chi connectivity index (χ2v) is 5.77. The van der Waals surface area contributed by atoms with Crippen molar-refractivity contribution >= 4 is 0 Å². The molecule has 21 heavy (non-hydrogen) atoms. The second-order valence-electron chi connectivity index (χ2n) is 5.77. The van der Waals surface area contributed by atoms with E-state index in [1.54, 1.807) is 6.07 Å². The van der Waals surface area contributed by atoms with E-state index < -0.39 is 0 Å². The first-order valence-corrected chi connectivity index (χ1v) is 7.41. The van der Waals surface area contributed by atoms with Crippen LogP contribution in [0.25, 0.3) is 11.1 Å². The first-order chi connectivity index (χ1) is 10.1. The molecule has 0 radical (unpaired) electrons. The number of rotatable bonds is 4. The van der Waals surface area contributed by atoms with Gasteiger partial charge in [0.25, 0.3) is 0 Å². The van der Waals surface area contributed by atoms with E-state index in [1.165, 1.54) is 0 Å². The molecule has 0 aliphatic carbocycles. The molecule has 0 atom stereocenters. The molecule has 1 aliphatic heterocycles. The van der Waals surface area contributed by atoms with Crippen LogP contribution < -0.4 is 10.1 Å². The number of hydrogen-bond donors (Lipinski definition) is 1. The van der Waals surface area contributed by atoms with E-state index in [0.717, 1.165) is 35.5 Å². The molecule has 0 spiro atoms. The van der Waals surface area contributed by atoms with Gasteiger partial charge in [-0.05, 0) is 34.9 Å². The van der Waals surface area contributed by atoms with Gasteiger partial charge in [0.1, 0.15) is 11.6 Å². The Morgan fingerprint density at radius 1 is 1.19 bits per heavy atom. The van der Waals surface area contributed by atoms with Gasteiger partial charge in [0.2, 0.25) is 0 Å². The maximum Gasteiger partial charge on any atom is 0.131 e. The molecule has 0 bridgehead atoms. The van der Waals surface area contributed by atoms with E-state index in [0.29, 0.717) is 18.2 Å². The molecule has 2 aromatic rings. The lowest BCUT2D eigenvalue weighted by Gasteiger charge is -2.10. The van der Waals surface area contributed by atoms with Gasteiger partial charge < -0.3 is 10.1 Å². The monoisotopic (exact) mass is 285 g/mol. The van der Waals surface area contributed by atoms with E-state index in [9.17, 15) is 4.39 Å². The van der Waals surface area contributed by atoms with Crippen molar-refractivity contribution in [2.75, 3.05) is 6.61 Å². The summed E-state index contributed by atoms with van der Waals surface area (Å²) in [7, 11) is 0. The maximum absolute atomic E-state index is 14.4. The molecule has 1 aliphatic rings. The van der Waals surface area contributed by atoms with Crippen molar-refractivity contribution in [2.45, 2.75) is 32.9 Å². The van der Waals surface area contributed by atoms with Crippen LogP contribution in [0.3, 0.4) is 0 Å². The summed E-state index contributed by atoms with van der Waals surface area (Å²) in [5.74, 6) is 0.758. The van der Waals surface area contributed by atoms with Crippen LogP contribution in [0, 0.1) is 5.82 Å². The number of hydrogen-bond acceptors (Lipinski definition) is 2. The molecule has 0 saturated carbocycles. The summed E-state index contributed by atoms with van der Waals surface area (Å²) < 4.78 is 19.8. The van der Waals surface area contributed by atoms with E-state index in [2.05, 4.69) is 19.2 Å². The van der Waals surface area contributed by atoms with Gasteiger partial charge in [-0.1, -0.05) is 32.0 Å². The van der Waals surface area contributed by atoms with Crippen molar-refractivity contribution in [3.8, 4) is 16.9 Å². The fourth-order valence-corrected chi connectivity index (χ4v) is 2.58. The van der Waals surface area contributed by atoms with E-state index in [-0.39, 0.29) is 5.82 Å². The molecule has 0 fully saturated rings. The van der Waals surface area contributed by atoms with Gasteiger partial charge in [0.05, 0.1) is 6.61 Å². The molecule has 3 heteroatoms. The van der Waals surface area contributed by atoms with Crippen LogP contribution in [0.2, 0.25) is 0 Å². The highest BCUT2D eigenvalue weighted by Gasteiger charge is 2.14. The van der Waals surface area contributed by atoms with Crippen LogP contribution in [-0.2, 0) is 13.0 Å². The Bertz CT molecular complexity index is 652. The van der Waals surface area contributed by atoms with Gasteiger partial charge in [-0.15, -0.1) is 0 Å². The maximum atomic E-state index is 14.4. The number of halogens is 1. The Morgan fingerprint density at radius 3 is 2.81 bits per heavy atom. The fourth-order valence-electron chi connectivity index (χ4n) is 2.58. The minimum Gasteiger partial charge on any atom is -0.493 e. The predicted molar refractivity (Wildman–Crippen MR) is 83.0 cm³/mol. The van der Waals surface area contributed by atoms with Crippen LogP contribution in [0.1, 0.15) is 25.0 Å². The van der Waals surface area contributed by atoms with Crippen LogP contribution in [0.5, 0.6) is 5.75 Å². The van der Waals surface area contributed by atoms with Crippen molar-refractivity contribution in [3.63, 3.8) is 0 Å². The summed E-state index contributed by atoms with van der Waals surface area (Å²) in [6.07, 6.45) is 0.904. The Labute approximate surface area is 125 Å². The Kier molecular flexibility index (Phi) is 3.93. The molecule has 2 nitrogen and oxygen atoms in total. The van der Waals surface area contributed by atoms with Gasteiger partial charge in [0, 0.05) is 24.6 Å². The lowest BCUT2D eigenvalue weighted by Crippen LogP contribution is -2.21. The molecule has 1 heterocycles. The van der Waals surface area contributed by atoms with Gasteiger partial charge in [-0.25, -0.2) is 4.39 Å². The van der Waals surface area contributed by atoms with Crippen molar-refractivity contribution in [1.29, 1.82) is 0 Å². The summed E-state index contributed by atoms with van der Waals surface area (Å²) >= 11 is 0. The third-order valence-corrected chi connectivity index (χ3v) is 3.75. The highest BCUT2D eigenvalue weighted by molar-refractivity contribution is 5.67. The molecule has 0 amide bonds. The van der Waals surface area contributed by atoms with E-state index in [1.807, 2.05) is 30.3 Å². The third-order valence-electron chi connectivity index (χ3n) is 3.75. The lowest BCUT2D eigenvalue weighted by molar-refractivity contribution is 0.357. The van der Waals surface area contributed by atoms with Gasteiger partial charge in [0.15, 0.2) is 0 Å². The Hall–Kier alpha value is -1.87. The zero-order chi connectivity index (χ0) is 14.8. The number of ether oxygens (including phenoxy) is 1. The normalized spacial score (nSPS) is 13.3. The van der Waals surface area contributed by atoms with Gasteiger partial charge in [-0.3, -0.25) is 0 Å². The highest BCUT2D eigenvalue weighted by Crippen LogP contribution is 2.31. The van der Waals surface area contributed by atoms with E-state index >= 15 is 0 Å². The van der Waals surface area contributed by atoms with Gasteiger partial charge >= 0.3 is 0 Å². The fraction of sp³-hybridized carbons (Fsp3) is 0.333. The highest BCUT2D eigenvalue weighted by atomic mass is 19.1. The Morgan fingerprint density at radius 2 is 2.05 bits per heavy atom. The van der Waals surface area contributed by atoms with Crippen molar-refractivity contribution in [3.05, 3.63) is 53.3 Å². The molecule has 0 unspecified atom stereocenters. The molecule has 0 saturated heterocycles. The zero-order valence-corrected chi connectivity index (χ0v) is 12.4. The van der Waals surface area contributed by atoms with Crippen LogP contribution in [0.15, 0.2) is 36.4 Å². The second kappa shape index (κ2) is 5.86. The van der Waals surface area contributed by atoms with Crippen LogP contribution in [-0.4, -0.2) is 12.6 Å². The molecule has 2 aromatic carbocycles. The average Bonchev–Trinajstić information content (AvgIpc) is 2.92. The van der Waals surface area contributed by atoms with Crippen LogP contribution >= 0.6 is 0 Å². The number of nitrogens with one attached hydrogen (secondary N) is 1. The third kappa shape index (κ3) is 3.08. The molecular weight excluding hydrogens is 265 g/mol. The quantitative estimate of drug-likeness (QED) is 0.919. The molecule has 110 valence electrons. The summed E-state index contributed by atoms with van der Waals surface area (Å²) in [5, 5.41) is 3.30. The van der Waals surface area contributed by atoms with E-state index in [4.69, 9.17) is 4.74 Å².